The molecule has 3 aromatic heterocycles. The van der Waals surface area contributed by atoms with E-state index in [4.69, 9.17) is 10.8 Å². The van der Waals surface area contributed by atoms with Crippen molar-refractivity contribution in [1.29, 1.82) is 0 Å². The van der Waals surface area contributed by atoms with Gasteiger partial charge < -0.3 is 14.2 Å². The number of nitrogens with one attached hydrogen (secondary N) is 1. The Hall–Kier alpha value is -4.04. The molecule has 6 rings (SSSR count). The maximum atomic E-state index is 13.9. The number of pyridine rings is 1. The van der Waals surface area contributed by atoms with Crippen LogP contribution in [0.2, 0.25) is 0 Å². The molecule has 42 heavy (non-hydrogen) atoms. The van der Waals surface area contributed by atoms with Crippen LogP contribution in [0, 0.1) is 11.7 Å². The number of imidazole rings is 1. The van der Waals surface area contributed by atoms with Crippen molar-refractivity contribution < 1.29 is 22.3 Å². The Kier molecular flexibility index (Phi) is 7.35. The van der Waals surface area contributed by atoms with E-state index in [0.717, 1.165) is 24.0 Å². The normalized spacial score (nSPS) is 20.6. The number of rotatable bonds is 8. The monoisotopic (exact) mass is 585 g/mol. The van der Waals surface area contributed by atoms with Crippen LogP contribution in [0.15, 0.2) is 48.9 Å². The van der Waals surface area contributed by atoms with E-state index in [1.54, 1.807) is 18.5 Å². The first-order valence-electron chi connectivity index (χ1n) is 13.8. The summed E-state index contributed by atoms with van der Waals surface area (Å²) in [5.41, 5.74) is 5.27. The number of hydrazine groups is 1. The van der Waals surface area contributed by atoms with Crippen molar-refractivity contribution in [2.75, 3.05) is 23.4 Å². The third-order valence-electron chi connectivity index (χ3n) is 7.82. The summed E-state index contributed by atoms with van der Waals surface area (Å²) in [4.78, 5) is 22.7. The van der Waals surface area contributed by atoms with Crippen LogP contribution in [0.4, 0.5) is 29.3 Å². The molecule has 0 spiro atoms. The van der Waals surface area contributed by atoms with Crippen molar-refractivity contribution >= 4 is 22.9 Å². The summed E-state index contributed by atoms with van der Waals surface area (Å²) in [6, 6.07) is 8.25. The Morgan fingerprint density at radius 3 is 2.43 bits per heavy atom. The number of hydrogen-bond donors (Lipinski definition) is 2. The van der Waals surface area contributed by atoms with Gasteiger partial charge in [-0.1, -0.05) is 12.1 Å². The molecule has 14 heteroatoms. The van der Waals surface area contributed by atoms with Crippen LogP contribution >= 0.6 is 0 Å². The Morgan fingerprint density at radius 2 is 1.79 bits per heavy atom. The summed E-state index contributed by atoms with van der Waals surface area (Å²) in [6.07, 6.45) is 0.421. The van der Waals surface area contributed by atoms with E-state index in [9.17, 15) is 17.6 Å². The topological polar surface area (TPSA) is 110 Å². The van der Waals surface area contributed by atoms with Crippen LogP contribution < -0.4 is 20.9 Å². The molecule has 2 aliphatic rings. The van der Waals surface area contributed by atoms with Gasteiger partial charge in [-0.15, -0.1) is 13.2 Å². The van der Waals surface area contributed by atoms with Gasteiger partial charge in [0.2, 0.25) is 5.95 Å². The van der Waals surface area contributed by atoms with Crippen molar-refractivity contribution in [3.05, 3.63) is 66.0 Å². The van der Waals surface area contributed by atoms with Crippen molar-refractivity contribution in [2.24, 2.45) is 11.8 Å². The lowest BCUT2D eigenvalue weighted by atomic mass is 9.96. The van der Waals surface area contributed by atoms with Crippen molar-refractivity contribution in [2.45, 2.75) is 57.7 Å². The van der Waals surface area contributed by atoms with Crippen LogP contribution in [0.1, 0.15) is 44.0 Å². The zero-order chi connectivity index (χ0) is 29.6. The van der Waals surface area contributed by atoms with Gasteiger partial charge in [0.15, 0.2) is 17.0 Å². The molecule has 3 atom stereocenters. The van der Waals surface area contributed by atoms with Gasteiger partial charge in [-0.2, -0.15) is 9.97 Å². The minimum atomic E-state index is -4.82. The second kappa shape index (κ2) is 11.0. The predicted molar refractivity (Wildman–Crippen MR) is 148 cm³/mol. The summed E-state index contributed by atoms with van der Waals surface area (Å²) >= 11 is 0. The van der Waals surface area contributed by atoms with Gasteiger partial charge in [0.05, 0.1) is 24.3 Å². The molecule has 1 aliphatic carbocycles. The van der Waals surface area contributed by atoms with E-state index in [-0.39, 0.29) is 17.9 Å². The summed E-state index contributed by atoms with van der Waals surface area (Å²) in [6.45, 7) is 6.07. The van der Waals surface area contributed by atoms with E-state index in [1.807, 2.05) is 4.57 Å². The van der Waals surface area contributed by atoms with Gasteiger partial charge in [0.1, 0.15) is 11.6 Å². The molecular weight excluding hydrogens is 554 g/mol. The van der Waals surface area contributed by atoms with E-state index in [2.05, 4.69) is 48.8 Å². The number of halogens is 4. The fourth-order valence-electron chi connectivity index (χ4n) is 5.64. The molecule has 10 nitrogen and oxygen atoms in total. The third-order valence-corrected chi connectivity index (χ3v) is 7.82. The number of alkyl halides is 3. The number of nitrogen functional groups attached to an aromatic ring is 1. The van der Waals surface area contributed by atoms with Crippen LogP contribution in [0.5, 0.6) is 5.75 Å². The highest BCUT2D eigenvalue weighted by molar-refractivity contribution is 5.85. The Bertz CT molecular complexity index is 1540. The molecule has 0 amide bonds. The maximum Gasteiger partial charge on any atom is 0.573 e. The number of hydrogen-bond acceptors (Lipinski definition) is 9. The molecule has 1 aliphatic heterocycles. The molecule has 0 bridgehead atoms. The second-order valence-electron chi connectivity index (χ2n) is 11.0. The van der Waals surface area contributed by atoms with Crippen LogP contribution in [0.3, 0.4) is 0 Å². The highest BCUT2D eigenvalue weighted by Crippen LogP contribution is 2.37. The highest BCUT2D eigenvalue weighted by atomic mass is 19.4. The van der Waals surface area contributed by atoms with Crippen molar-refractivity contribution in [3.63, 3.8) is 0 Å². The standard InChI is InChI=1S/C28H31F4N9O/c1-16-13-41(26-23-25(36-27(37-26)38-33)39(15-35-23)14-18-3-4-18)17(2)12-40(16)24(19-5-7-20(29)8-6-19)22-10-9-21(11-34-22)42-28(30,31)32/h5-11,15-18,24H,3-4,12-14,33H2,1-2H3,(H,36,37,38)/t16-,17+,24?/m1/s1. The zero-order valence-electron chi connectivity index (χ0n) is 23.1. The highest BCUT2D eigenvalue weighted by Gasteiger charge is 2.38. The van der Waals surface area contributed by atoms with Gasteiger partial charge in [0.25, 0.3) is 0 Å². The van der Waals surface area contributed by atoms with Crippen molar-refractivity contribution in [3.8, 4) is 5.75 Å². The second-order valence-corrected chi connectivity index (χ2v) is 11.0. The number of anilines is 2. The number of benzene rings is 1. The molecule has 1 aromatic carbocycles. The summed E-state index contributed by atoms with van der Waals surface area (Å²) < 4.78 is 58.2. The van der Waals surface area contributed by atoms with Gasteiger partial charge in [-0.3, -0.25) is 15.3 Å². The smallest absolute Gasteiger partial charge is 0.404 e. The molecular formula is C28H31F4N9O. The number of nitrogens with two attached hydrogens (primary N) is 1. The number of ether oxygens (including phenoxy) is 1. The Labute approximate surface area is 239 Å². The lowest BCUT2D eigenvalue weighted by molar-refractivity contribution is -0.274. The minimum Gasteiger partial charge on any atom is -0.404 e. The molecule has 1 unspecified atom stereocenters. The molecule has 0 radical (unpaired) electrons. The Morgan fingerprint density at radius 1 is 1.02 bits per heavy atom. The average Bonchev–Trinajstić information content (AvgIpc) is 3.69. The van der Waals surface area contributed by atoms with E-state index >= 15 is 0 Å². The number of fused-ring (bicyclic) bond motifs is 1. The minimum absolute atomic E-state index is 0.0608. The lowest BCUT2D eigenvalue weighted by Gasteiger charge is -2.47. The summed E-state index contributed by atoms with van der Waals surface area (Å²) in [7, 11) is 0. The number of aromatic nitrogens is 5. The fraction of sp³-hybridized carbons (Fsp3) is 0.429. The van der Waals surface area contributed by atoms with Crippen LogP contribution in [0.25, 0.3) is 11.2 Å². The molecule has 2 fully saturated rings. The first kappa shape index (κ1) is 28.1. The fourth-order valence-corrected chi connectivity index (χ4v) is 5.64. The first-order valence-corrected chi connectivity index (χ1v) is 13.8. The number of nitrogens with zero attached hydrogens (tertiary/aromatic N) is 7. The summed E-state index contributed by atoms with van der Waals surface area (Å²) in [5, 5.41) is 0. The molecule has 222 valence electrons. The first-order chi connectivity index (χ1) is 20.1. The Balaban J connectivity index is 1.32. The van der Waals surface area contributed by atoms with Gasteiger partial charge in [0, 0.05) is 31.7 Å². The number of piperazine rings is 1. The SMILES string of the molecule is C[C@@H]1CN(c2nc(NN)nc3c2ncn3CC2CC2)[C@@H](C)CN1C(c1ccc(F)cc1)c1ccc(OC(F)(F)F)cn1. The van der Waals surface area contributed by atoms with Crippen molar-refractivity contribution in [1.82, 2.24) is 29.4 Å². The maximum absolute atomic E-state index is 13.9. The van der Waals surface area contributed by atoms with Gasteiger partial charge in [-0.25, -0.2) is 15.2 Å². The van der Waals surface area contributed by atoms with E-state index in [0.29, 0.717) is 42.0 Å². The van der Waals surface area contributed by atoms with Crippen LogP contribution in [-0.4, -0.2) is 60.9 Å². The zero-order valence-corrected chi connectivity index (χ0v) is 23.1. The average molecular weight is 586 g/mol. The van der Waals surface area contributed by atoms with E-state index in [1.165, 1.54) is 37.1 Å². The van der Waals surface area contributed by atoms with Gasteiger partial charge in [-0.05, 0) is 62.4 Å². The largest absolute Gasteiger partial charge is 0.573 e. The van der Waals surface area contributed by atoms with E-state index < -0.39 is 18.2 Å². The quantitative estimate of drug-likeness (QED) is 0.174. The lowest BCUT2D eigenvalue weighted by Crippen LogP contribution is -2.57. The summed E-state index contributed by atoms with van der Waals surface area (Å²) in [5.74, 6) is 6.55. The molecule has 1 saturated heterocycles. The molecule has 4 aromatic rings. The molecule has 4 heterocycles. The van der Waals surface area contributed by atoms with Gasteiger partial charge >= 0.3 is 6.36 Å². The third kappa shape index (κ3) is 5.81. The predicted octanol–water partition coefficient (Wildman–Crippen LogP) is 4.64. The van der Waals surface area contributed by atoms with Crippen LogP contribution in [-0.2, 0) is 6.54 Å². The molecule has 1 saturated carbocycles. The molecule has 3 N–H and O–H groups in total.